The molecule has 21 heavy (non-hydrogen) atoms. The molecule has 0 aliphatic carbocycles. The van der Waals surface area contributed by atoms with E-state index in [-0.39, 0.29) is 5.97 Å². The number of nitrogens with zero attached hydrogens (tertiary/aromatic N) is 3. The molecule has 0 unspecified atom stereocenters. The number of benzene rings is 1. The van der Waals surface area contributed by atoms with Gasteiger partial charge in [-0.25, -0.2) is 4.79 Å². The predicted octanol–water partition coefficient (Wildman–Crippen LogP) is 1.47. The minimum atomic E-state index is -0.367. The molecule has 0 fully saturated rings. The average Bonchev–Trinajstić information content (AvgIpc) is 2.83. The van der Waals surface area contributed by atoms with Crippen molar-refractivity contribution in [3.8, 4) is 0 Å². The lowest BCUT2D eigenvalue weighted by atomic mass is 10.1. The van der Waals surface area contributed by atoms with Crippen molar-refractivity contribution in [3.63, 3.8) is 0 Å². The van der Waals surface area contributed by atoms with E-state index in [0.717, 1.165) is 11.4 Å². The van der Waals surface area contributed by atoms with Gasteiger partial charge in [-0.05, 0) is 24.3 Å². The van der Waals surface area contributed by atoms with E-state index in [0.29, 0.717) is 24.3 Å². The first-order valence-corrected chi connectivity index (χ1v) is 6.70. The van der Waals surface area contributed by atoms with Crippen molar-refractivity contribution in [1.29, 1.82) is 0 Å². The highest BCUT2D eigenvalue weighted by atomic mass is 16.5. The minimum Gasteiger partial charge on any atom is -0.462 e. The van der Waals surface area contributed by atoms with Crippen LogP contribution in [0.3, 0.4) is 0 Å². The molecule has 0 aliphatic rings. The number of carbonyl (C=O) groups excluding carboxylic acids is 1. The molecule has 0 aliphatic heterocycles. The number of carbonyl (C=O) groups is 1. The van der Waals surface area contributed by atoms with Gasteiger partial charge in [0.05, 0.1) is 23.5 Å². The maximum absolute atomic E-state index is 12.0. The monoisotopic (exact) mass is 288 g/mol. The molecule has 0 radical (unpaired) electrons. The number of esters is 1. The van der Waals surface area contributed by atoms with Crippen molar-refractivity contribution < 1.29 is 9.53 Å². The number of nitrogens with two attached hydrogens (primary N) is 1. The molecule has 0 spiro atoms. The van der Waals surface area contributed by atoms with E-state index in [1.807, 2.05) is 38.2 Å². The number of nitrogen functional groups attached to an aromatic ring is 1. The van der Waals surface area contributed by atoms with Crippen molar-refractivity contribution in [2.45, 2.75) is 6.42 Å². The number of hydrogen-bond donors (Lipinski definition) is 1. The van der Waals surface area contributed by atoms with E-state index in [2.05, 4.69) is 5.10 Å². The highest BCUT2D eigenvalue weighted by Gasteiger charge is 2.11. The lowest BCUT2D eigenvalue weighted by Gasteiger charge is -2.15. The zero-order chi connectivity index (χ0) is 15.4. The van der Waals surface area contributed by atoms with Crippen LogP contribution in [0, 0.1) is 0 Å². The quantitative estimate of drug-likeness (QED) is 0.666. The van der Waals surface area contributed by atoms with Gasteiger partial charge in [0.15, 0.2) is 0 Å². The Kier molecular flexibility index (Phi) is 4.47. The minimum absolute atomic E-state index is 0.313. The van der Waals surface area contributed by atoms with Crippen LogP contribution in [0.5, 0.6) is 0 Å². The molecule has 1 aromatic heterocycles. The zero-order valence-electron chi connectivity index (χ0n) is 12.5. The smallest absolute Gasteiger partial charge is 0.338 e. The highest BCUT2D eigenvalue weighted by molar-refractivity contribution is 5.92. The zero-order valence-corrected chi connectivity index (χ0v) is 12.5. The Morgan fingerprint density at radius 3 is 2.71 bits per heavy atom. The van der Waals surface area contributed by atoms with Gasteiger partial charge in [0.1, 0.15) is 0 Å². The Labute approximate surface area is 124 Å². The fourth-order valence-electron chi connectivity index (χ4n) is 2.07. The van der Waals surface area contributed by atoms with E-state index in [1.165, 1.54) is 0 Å². The Balaban J connectivity index is 1.94. The summed E-state index contributed by atoms with van der Waals surface area (Å²) in [5, 5.41) is 4.07. The van der Waals surface area contributed by atoms with E-state index in [1.54, 1.807) is 23.0 Å². The van der Waals surface area contributed by atoms with Gasteiger partial charge in [-0.1, -0.05) is 0 Å². The average molecular weight is 288 g/mol. The first kappa shape index (κ1) is 14.9. The maximum atomic E-state index is 12.0. The van der Waals surface area contributed by atoms with Crippen LogP contribution >= 0.6 is 0 Å². The van der Waals surface area contributed by atoms with Gasteiger partial charge in [0, 0.05) is 39.5 Å². The number of aromatic nitrogens is 2. The largest absolute Gasteiger partial charge is 0.462 e. The Morgan fingerprint density at radius 1 is 1.38 bits per heavy atom. The Morgan fingerprint density at radius 2 is 2.14 bits per heavy atom. The van der Waals surface area contributed by atoms with Crippen LogP contribution in [0.4, 0.5) is 11.4 Å². The molecule has 0 saturated carbocycles. The van der Waals surface area contributed by atoms with Crippen LogP contribution in [0.15, 0.2) is 30.5 Å². The van der Waals surface area contributed by atoms with E-state index >= 15 is 0 Å². The first-order valence-electron chi connectivity index (χ1n) is 6.70. The van der Waals surface area contributed by atoms with Gasteiger partial charge in [0.2, 0.25) is 0 Å². The van der Waals surface area contributed by atoms with Crippen LogP contribution in [-0.2, 0) is 18.2 Å². The van der Waals surface area contributed by atoms with Gasteiger partial charge in [-0.3, -0.25) is 4.68 Å². The fraction of sp³-hybridized carbons (Fsp3) is 0.333. The van der Waals surface area contributed by atoms with Crippen molar-refractivity contribution in [2.75, 3.05) is 31.3 Å². The van der Waals surface area contributed by atoms with Crippen LogP contribution in [-0.4, -0.2) is 36.5 Å². The summed E-state index contributed by atoms with van der Waals surface area (Å²) < 4.78 is 7.02. The molecule has 0 bridgehead atoms. The summed E-state index contributed by atoms with van der Waals surface area (Å²) in [5.74, 6) is -0.367. The molecule has 1 aromatic carbocycles. The highest BCUT2D eigenvalue weighted by Crippen LogP contribution is 2.22. The molecule has 6 nitrogen and oxygen atoms in total. The van der Waals surface area contributed by atoms with Crippen molar-refractivity contribution in [3.05, 3.63) is 41.7 Å². The maximum Gasteiger partial charge on any atom is 0.338 e. The second-order valence-corrected chi connectivity index (χ2v) is 5.00. The van der Waals surface area contributed by atoms with Crippen LogP contribution in [0.1, 0.15) is 16.1 Å². The van der Waals surface area contributed by atoms with Crippen molar-refractivity contribution in [2.24, 2.45) is 7.05 Å². The lowest BCUT2D eigenvalue weighted by molar-refractivity contribution is 0.0507. The van der Waals surface area contributed by atoms with Crippen LogP contribution < -0.4 is 10.6 Å². The summed E-state index contributed by atoms with van der Waals surface area (Å²) in [5.41, 5.74) is 8.84. The predicted molar refractivity (Wildman–Crippen MR) is 82.4 cm³/mol. The second kappa shape index (κ2) is 6.30. The van der Waals surface area contributed by atoms with Gasteiger partial charge in [-0.2, -0.15) is 5.10 Å². The SMILES string of the molecule is CN(C)c1ccc(C(=O)OCCc2ccnn2C)cc1N. The van der Waals surface area contributed by atoms with Crippen LogP contribution in [0.2, 0.25) is 0 Å². The van der Waals surface area contributed by atoms with Crippen molar-refractivity contribution >= 4 is 17.3 Å². The summed E-state index contributed by atoms with van der Waals surface area (Å²) >= 11 is 0. The number of anilines is 2. The normalized spacial score (nSPS) is 10.4. The molecule has 2 N–H and O–H groups in total. The van der Waals surface area contributed by atoms with E-state index in [9.17, 15) is 4.79 Å². The third-order valence-corrected chi connectivity index (χ3v) is 3.26. The molecule has 6 heteroatoms. The molecule has 0 amide bonds. The molecule has 2 rings (SSSR count). The molecule has 1 heterocycles. The molecular formula is C15H20N4O2. The molecule has 0 saturated heterocycles. The summed E-state index contributed by atoms with van der Waals surface area (Å²) in [6.07, 6.45) is 2.35. The number of hydrogen-bond acceptors (Lipinski definition) is 5. The molecule has 112 valence electrons. The van der Waals surface area contributed by atoms with Crippen molar-refractivity contribution in [1.82, 2.24) is 9.78 Å². The topological polar surface area (TPSA) is 73.4 Å². The Hall–Kier alpha value is -2.50. The van der Waals surface area contributed by atoms with Gasteiger partial charge >= 0.3 is 5.97 Å². The third-order valence-electron chi connectivity index (χ3n) is 3.26. The summed E-state index contributed by atoms with van der Waals surface area (Å²) in [6, 6.07) is 7.07. The fourth-order valence-corrected chi connectivity index (χ4v) is 2.07. The third kappa shape index (κ3) is 3.53. The van der Waals surface area contributed by atoms with Gasteiger partial charge in [-0.15, -0.1) is 0 Å². The molecule has 2 aromatic rings. The summed E-state index contributed by atoms with van der Waals surface area (Å²) in [7, 11) is 5.66. The second-order valence-electron chi connectivity index (χ2n) is 5.00. The number of ether oxygens (including phenoxy) is 1. The van der Waals surface area contributed by atoms with Crippen LogP contribution in [0.25, 0.3) is 0 Å². The Bertz CT molecular complexity index is 634. The number of aryl methyl sites for hydroxylation is 1. The van der Waals surface area contributed by atoms with E-state index in [4.69, 9.17) is 10.5 Å². The van der Waals surface area contributed by atoms with Gasteiger partial charge < -0.3 is 15.4 Å². The molecular weight excluding hydrogens is 268 g/mol. The molecule has 0 atom stereocenters. The first-order chi connectivity index (χ1) is 9.99. The summed E-state index contributed by atoms with van der Waals surface area (Å²) in [6.45, 7) is 0.313. The lowest BCUT2D eigenvalue weighted by Crippen LogP contribution is -2.13. The van der Waals surface area contributed by atoms with Gasteiger partial charge in [0.25, 0.3) is 0 Å². The standard InChI is InChI=1S/C15H20N4O2/c1-18(2)14-5-4-11(10-13(14)16)15(20)21-9-7-12-6-8-17-19(12)3/h4-6,8,10H,7,9,16H2,1-3H3. The summed E-state index contributed by atoms with van der Waals surface area (Å²) in [4.78, 5) is 13.9. The number of rotatable bonds is 5. The van der Waals surface area contributed by atoms with E-state index < -0.39 is 0 Å².